The van der Waals surface area contributed by atoms with Crippen LogP contribution < -0.4 is 41.4 Å². The molecule has 2 unspecified atom stereocenters. The Labute approximate surface area is 337 Å². The Bertz CT molecular complexity index is 1420. The molecule has 0 saturated carbocycles. The van der Waals surface area contributed by atoms with Crippen LogP contribution in [0.2, 0.25) is 0 Å². The van der Waals surface area contributed by atoms with Crippen molar-refractivity contribution in [1.29, 1.82) is 0 Å². The summed E-state index contributed by atoms with van der Waals surface area (Å²) in [6.07, 6.45) is 1.12. The molecular weight excluding hydrogens is 764 g/mol. The third kappa shape index (κ3) is 23.1. The maximum absolute atomic E-state index is 13.0. The highest BCUT2D eigenvalue weighted by Gasteiger charge is 2.27. The average molecular weight is 821 g/mol. The molecule has 0 bridgehead atoms. The summed E-state index contributed by atoms with van der Waals surface area (Å²) in [5, 5.41) is 35.1. The van der Waals surface area contributed by atoms with E-state index in [1.54, 1.807) is 0 Å². The quantitative estimate of drug-likeness (QED) is 0.0256. The van der Waals surface area contributed by atoms with E-state index in [2.05, 4.69) is 31.9 Å². The van der Waals surface area contributed by atoms with Crippen molar-refractivity contribution in [2.45, 2.75) is 51.7 Å². The molecule has 0 radical (unpaired) electrons. The van der Waals surface area contributed by atoms with Gasteiger partial charge in [0.1, 0.15) is 61.5 Å². The molecular formula is C38H56N6O14. The predicted molar refractivity (Wildman–Crippen MR) is 207 cm³/mol. The van der Waals surface area contributed by atoms with Gasteiger partial charge in [-0.3, -0.25) is 9.59 Å². The summed E-state index contributed by atoms with van der Waals surface area (Å²) >= 11 is 0. The lowest BCUT2D eigenvalue weighted by Crippen LogP contribution is -2.44. The summed E-state index contributed by atoms with van der Waals surface area (Å²) in [5.41, 5.74) is 0. The molecule has 0 fully saturated rings. The Morgan fingerprint density at radius 1 is 0.552 bits per heavy atom. The Balaban J connectivity index is 1.91. The van der Waals surface area contributed by atoms with E-state index >= 15 is 0 Å². The molecule has 0 heterocycles. The van der Waals surface area contributed by atoms with Crippen LogP contribution in [-0.2, 0) is 38.1 Å². The van der Waals surface area contributed by atoms with Crippen molar-refractivity contribution in [1.82, 2.24) is 31.9 Å². The number of unbranched alkanes of at least 4 members (excludes halogenated alkanes) is 2. The van der Waals surface area contributed by atoms with Crippen LogP contribution in [0.1, 0.15) is 39.5 Å². The van der Waals surface area contributed by atoms with E-state index < -0.39 is 48.1 Å². The molecule has 20 heteroatoms. The number of phenols is 2. The molecule has 2 aromatic carbocycles. The summed E-state index contributed by atoms with van der Waals surface area (Å²) in [6.45, 7) is 4.11. The highest BCUT2D eigenvalue weighted by molar-refractivity contribution is 6.29. The molecule has 0 aromatic heterocycles. The topological polar surface area (TPSA) is 270 Å². The van der Waals surface area contributed by atoms with Gasteiger partial charge in [0.05, 0.1) is 13.2 Å². The van der Waals surface area contributed by atoms with Gasteiger partial charge in [-0.05, 0) is 61.4 Å². The van der Waals surface area contributed by atoms with Gasteiger partial charge >= 0.3 is 35.9 Å². The molecule has 0 spiro atoms. The van der Waals surface area contributed by atoms with Crippen LogP contribution in [0.15, 0.2) is 48.5 Å². The second-order valence-electron chi connectivity index (χ2n) is 12.4. The summed E-state index contributed by atoms with van der Waals surface area (Å²) in [5.74, 6) is -3.04. The normalized spacial score (nSPS) is 11.6. The highest BCUT2D eigenvalue weighted by Crippen LogP contribution is 2.17. The number of nitrogens with one attached hydrogen (secondary N) is 6. The lowest BCUT2D eigenvalue weighted by atomic mass is 10.3. The maximum atomic E-state index is 13.0. The van der Waals surface area contributed by atoms with E-state index in [1.807, 2.05) is 13.8 Å². The number of ether oxygens (including phenoxy) is 6. The van der Waals surface area contributed by atoms with Gasteiger partial charge in [-0.25, -0.2) is 19.2 Å². The number of amides is 4. The van der Waals surface area contributed by atoms with E-state index in [0.29, 0.717) is 11.5 Å². The van der Waals surface area contributed by atoms with E-state index in [-0.39, 0.29) is 90.3 Å². The van der Waals surface area contributed by atoms with Crippen LogP contribution >= 0.6 is 0 Å². The smallest absolute Gasteiger partial charge is 0.417 e. The number of carbonyl (C=O) groups excluding carboxylic acids is 6. The van der Waals surface area contributed by atoms with Gasteiger partial charge in [0, 0.05) is 39.3 Å². The predicted octanol–water partition coefficient (Wildman–Crippen LogP) is 0.843. The molecule has 2 aromatic rings. The maximum Gasteiger partial charge on any atom is 0.417 e. The molecule has 20 nitrogen and oxygen atoms in total. The van der Waals surface area contributed by atoms with E-state index in [1.165, 1.54) is 48.5 Å². The van der Waals surface area contributed by atoms with Crippen molar-refractivity contribution in [2.24, 2.45) is 0 Å². The van der Waals surface area contributed by atoms with Crippen molar-refractivity contribution < 1.29 is 67.4 Å². The Morgan fingerprint density at radius 2 is 0.931 bits per heavy atom. The van der Waals surface area contributed by atoms with Gasteiger partial charge in [-0.15, -0.1) is 0 Å². The van der Waals surface area contributed by atoms with Crippen LogP contribution in [0.5, 0.6) is 23.0 Å². The van der Waals surface area contributed by atoms with Gasteiger partial charge < -0.3 is 70.5 Å². The molecule has 0 aliphatic rings. The molecule has 2 rings (SSSR count). The van der Waals surface area contributed by atoms with Gasteiger partial charge in [0.2, 0.25) is 0 Å². The second kappa shape index (κ2) is 29.3. The number of urea groups is 2. The fourth-order valence-corrected chi connectivity index (χ4v) is 4.38. The number of phenolic OH excluding ortho intramolecular Hbond substituents is 2. The number of hydrogen-bond acceptors (Lipinski definition) is 16. The summed E-state index contributed by atoms with van der Waals surface area (Å²) < 4.78 is 32.2. The van der Waals surface area contributed by atoms with Gasteiger partial charge in [-0.1, -0.05) is 26.7 Å². The van der Waals surface area contributed by atoms with E-state index in [0.717, 1.165) is 25.7 Å². The molecule has 0 aliphatic heterocycles. The van der Waals surface area contributed by atoms with Crippen LogP contribution in [0, 0.1) is 0 Å². The first kappa shape index (κ1) is 48.1. The van der Waals surface area contributed by atoms with Crippen LogP contribution in [0.25, 0.3) is 0 Å². The number of benzene rings is 2. The first-order valence-corrected chi connectivity index (χ1v) is 19.0. The Hall–Kier alpha value is -6.02. The van der Waals surface area contributed by atoms with Gasteiger partial charge in [-0.2, -0.15) is 0 Å². The van der Waals surface area contributed by atoms with Crippen molar-refractivity contribution in [2.75, 3.05) is 78.8 Å². The molecule has 0 aliphatic carbocycles. The minimum Gasteiger partial charge on any atom is -0.508 e. The zero-order valence-corrected chi connectivity index (χ0v) is 32.9. The minimum absolute atomic E-state index is 0.0142. The molecule has 4 amide bonds. The minimum atomic E-state index is -1.33. The fourth-order valence-electron chi connectivity index (χ4n) is 4.38. The molecule has 58 heavy (non-hydrogen) atoms. The van der Waals surface area contributed by atoms with Crippen LogP contribution in [0.3, 0.4) is 0 Å². The molecule has 8 N–H and O–H groups in total. The SMILES string of the molecule is CCCCOC(=O)CNC(=O)NCCNCC(COc1ccc(O)cc1)OC(=O)C(=O)OC(CNCCNC(=O)NCC(=O)OCCCC)COc1ccc(O)cc1. The van der Waals surface area contributed by atoms with E-state index in [4.69, 9.17) is 28.4 Å². The summed E-state index contributed by atoms with van der Waals surface area (Å²) in [4.78, 5) is 73.4. The monoisotopic (exact) mass is 820 g/mol. The van der Waals surface area contributed by atoms with Crippen molar-refractivity contribution >= 4 is 35.9 Å². The number of carbonyl (C=O) groups is 6. The fraction of sp³-hybridized carbons (Fsp3) is 0.526. The number of hydrogen-bond donors (Lipinski definition) is 8. The molecule has 2 atom stereocenters. The second-order valence-corrected chi connectivity index (χ2v) is 12.4. The standard InChI is InChI=1S/C38H56N6O14/c1-3-5-19-53-33(47)23-43-37(51)41-17-15-39-21-31(25-55-29-11-7-27(45)8-12-29)57-35(49)36(50)58-32(26-56-30-13-9-28(46)10-14-30)22-40-16-18-42-38(52)44-24-34(48)54-20-6-4-2/h7-14,31-32,39-40,45-46H,3-6,15-26H2,1-2H3,(H2,41,43,51)(H2,42,44,52). The highest BCUT2D eigenvalue weighted by atomic mass is 16.6. The third-order valence-corrected chi connectivity index (χ3v) is 7.49. The number of rotatable bonds is 28. The van der Waals surface area contributed by atoms with Gasteiger partial charge in [0.15, 0.2) is 0 Å². The van der Waals surface area contributed by atoms with Crippen molar-refractivity contribution in [3.05, 3.63) is 48.5 Å². The number of esters is 4. The molecule has 0 saturated heterocycles. The average Bonchev–Trinajstić information content (AvgIpc) is 3.21. The largest absolute Gasteiger partial charge is 0.508 e. The zero-order valence-electron chi connectivity index (χ0n) is 32.9. The Morgan fingerprint density at radius 3 is 1.29 bits per heavy atom. The first-order chi connectivity index (χ1) is 28.0. The lowest BCUT2D eigenvalue weighted by molar-refractivity contribution is -0.175. The molecule has 322 valence electrons. The van der Waals surface area contributed by atoms with Crippen molar-refractivity contribution in [3.63, 3.8) is 0 Å². The van der Waals surface area contributed by atoms with Gasteiger partial charge in [0.25, 0.3) is 0 Å². The zero-order chi connectivity index (χ0) is 42.4. The Kier molecular flexibility index (Phi) is 24.3. The van der Waals surface area contributed by atoms with Crippen LogP contribution in [0.4, 0.5) is 9.59 Å². The number of aromatic hydroxyl groups is 2. The summed E-state index contributed by atoms with van der Waals surface area (Å²) in [6, 6.07) is 10.4. The lowest BCUT2D eigenvalue weighted by Gasteiger charge is -2.21. The third-order valence-electron chi connectivity index (χ3n) is 7.49. The van der Waals surface area contributed by atoms with E-state index in [9.17, 15) is 39.0 Å². The summed E-state index contributed by atoms with van der Waals surface area (Å²) in [7, 11) is 0. The first-order valence-electron chi connectivity index (χ1n) is 19.0. The van der Waals surface area contributed by atoms with Crippen LogP contribution in [-0.4, -0.2) is 137 Å². The van der Waals surface area contributed by atoms with Crippen molar-refractivity contribution in [3.8, 4) is 23.0 Å².